The van der Waals surface area contributed by atoms with Gasteiger partial charge in [-0.3, -0.25) is 4.79 Å². The fourth-order valence-corrected chi connectivity index (χ4v) is 3.55. The van der Waals surface area contributed by atoms with Gasteiger partial charge in [-0.15, -0.1) is 5.10 Å². The van der Waals surface area contributed by atoms with Gasteiger partial charge in [0.25, 0.3) is 0 Å². The summed E-state index contributed by atoms with van der Waals surface area (Å²) in [5, 5.41) is 13.1. The average molecular weight is 431 g/mol. The zero-order chi connectivity index (χ0) is 19.5. The Bertz CT molecular complexity index is 1130. The molecule has 0 amide bonds. The number of hydrogen-bond acceptors (Lipinski definition) is 6. The molecule has 0 saturated heterocycles. The van der Waals surface area contributed by atoms with Crippen molar-refractivity contribution >= 4 is 40.7 Å². The van der Waals surface area contributed by atoms with Gasteiger partial charge in [0.15, 0.2) is 5.76 Å². The van der Waals surface area contributed by atoms with Crippen molar-refractivity contribution in [2.45, 2.75) is 5.16 Å². The molecule has 140 valence electrons. The van der Waals surface area contributed by atoms with Crippen molar-refractivity contribution in [2.75, 3.05) is 5.75 Å². The van der Waals surface area contributed by atoms with Crippen LogP contribution in [-0.4, -0.2) is 31.7 Å². The first-order valence-corrected chi connectivity index (χ1v) is 9.91. The van der Waals surface area contributed by atoms with Gasteiger partial charge in [0, 0.05) is 5.56 Å². The lowest BCUT2D eigenvalue weighted by molar-refractivity contribution is 0.0993. The molecule has 0 aliphatic heterocycles. The quantitative estimate of drug-likeness (QED) is 0.309. The van der Waals surface area contributed by atoms with Crippen LogP contribution >= 0.6 is 35.0 Å². The van der Waals surface area contributed by atoms with E-state index in [1.54, 1.807) is 35.0 Å². The summed E-state index contributed by atoms with van der Waals surface area (Å²) in [5.41, 5.74) is 1.57. The molecule has 0 fully saturated rings. The van der Waals surface area contributed by atoms with Gasteiger partial charge in [-0.05, 0) is 52.9 Å². The zero-order valence-corrected chi connectivity index (χ0v) is 16.6. The predicted molar refractivity (Wildman–Crippen MR) is 108 cm³/mol. The number of carbonyl (C=O) groups is 1. The predicted octanol–water partition coefficient (Wildman–Crippen LogP) is 5.20. The fraction of sp³-hybridized carbons (Fsp3) is 0.0526. The summed E-state index contributed by atoms with van der Waals surface area (Å²) in [5.74, 6) is 0.772. The van der Waals surface area contributed by atoms with Crippen LogP contribution in [0.3, 0.4) is 0 Å². The number of tetrazole rings is 1. The molecular weight excluding hydrogens is 419 g/mol. The maximum atomic E-state index is 12.5. The Labute approximate surface area is 174 Å². The highest BCUT2D eigenvalue weighted by Crippen LogP contribution is 2.30. The Kier molecular flexibility index (Phi) is 5.47. The maximum Gasteiger partial charge on any atom is 0.214 e. The number of furan rings is 1. The second-order valence-corrected chi connectivity index (χ2v) is 7.47. The second kappa shape index (κ2) is 8.18. The van der Waals surface area contributed by atoms with E-state index in [1.807, 2.05) is 30.3 Å². The van der Waals surface area contributed by atoms with Gasteiger partial charge >= 0.3 is 0 Å². The lowest BCUT2D eigenvalue weighted by Gasteiger charge is -2.03. The molecule has 4 aromatic rings. The van der Waals surface area contributed by atoms with Crippen molar-refractivity contribution < 1.29 is 9.21 Å². The van der Waals surface area contributed by atoms with Crippen LogP contribution in [-0.2, 0) is 0 Å². The van der Waals surface area contributed by atoms with Gasteiger partial charge in [-0.25, -0.2) is 0 Å². The molecule has 0 aliphatic carbocycles. The van der Waals surface area contributed by atoms with Gasteiger partial charge in [-0.1, -0.05) is 53.2 Å². The Balaban J connectivity index is 1.46. The topological polar surface area (TPSA) is 73.8 Å². The number of para-hydroxylation sites is 1. The summed E-state index contributed by atoms with van der Waals surface area (Å²) in [6.07, 6.45) is 0. The number of thioether (sulfide) groups is 1. The number of hydrogen-bond donors (Lipinski definition) is 0. The number of ketones is 1. The third-order valence-electron chi connectivity index (χ3n) is 3.86. The van der Waals surface area contributed by atoms with Gasteiger partial charge in [0.2, 0.25) is 10.9 Å². The first-order valence-electron chi connectivity index (χ1n) is 8.17. The molecule has 0 aliphatic rings. The molecule has 2 heterocycles. The van der Waals surface area contributed by atoms with E-state index in [9.17, 15) is 4.79 Å². The summed E-state index contributed by atoms with van der Waals surface area (Å²) in [4.78, 5) is 12.5. The molecule has 0 radical (unpaired) electrons. The Morgan fingerprint density at radius 2 is 1.86 bits per heavy atom. The Morgan fingerprint density at radius 1 is 1.04 bits per heavy atom. The Hall–Kier alpha value is -2.61. The van der Waals surface area contributed by atoms with Gasteiger partial charge < -0.3 is 4.42 Å². The third kappa shape index (κ3) is 3.96. The lowest BCUT2D eigenvalue weighted by Crippen LogP contribution is -2.04. The molecule has 2 aromatic carbocycles. The number of aromatic nitrogens is 4. The molecule has 28 heavy (non-hydrogen) atoms. The van der Waals surface area contributed by atoms with E-state index in [4.69, 9.17) is 27.6 Å². The van der Waals surface area contributed by atoms with Gasteiger partial charge in [0.1, 0.15) is 5.76 Å². The van der Waals surface area contributed by atoms with Crippen LogP contribution in [0.2, 0.25) is 10.0 Å². The first-order chi connectivity index (χ1) is 13.6. The number of rotatable bonds is 6. The van der Waals surface area contributed by atoms with E-state index in [0.717, 1.165) is 11.3 Å². The summed E-state index contributed by atoms with van der Waals surface area (Å²) in [6, 6.07) is 18.0. The summed E-state index contributed by atoms with van der Waals surface area (Å²) in [7, 11) is 0. The van der Waals surface area contributed by atoms with Gasteiger partial charge in [0.05, 0.1) is 21.5 Å². The van der Waals surface area contributed by atoms with Gasteiger partial charge in [-0.2, -0.15) is 4.68 Å². The van der Waals surface area contributed by atoms with Crippen molar-refractivity contribution in [1.29, 1.82) is 0 Å². The number of carbonyl (C=O) groups excluding carboxylic acids is 1. The maximum absolute atomic E-state index is 12.5. The van der Waals surface area contributed by atoms with Crippen molar-refractivity contribution in [3.8, 4) is 17.0 Å². The highest BCUT2D eigenvalue weighted by molar-refractivity contribution is 7.99. The van der Waals surface area contributed by atoms with Crippen molar-refractivity contribution in [3.63, 3.8) is 0 Å². The monoisotopic (exact) mass is 430 g/mol. The standard InChI is InChI=1S/C19H12Cl2N4O2S/c20-14-7-6-12(10-15(14)21)17-8-9-18(27-17)16(26)11-28-19-22-23-24-25(19)13-4-2-1-3-5-13/h1-10H,11H2. The summed E-state index contributed by atoms with van der Waals surface area (Å²) < 4.78 is 7.27. The third-order valence-corrected chi connectivity index (χ3v) is 5.52. The van der Waals surface area contributed by atoms with Crippen LogP contribution in [0, 0.1) is 0 Å². The fourth-order valence-electron chi connectivity index (χ4n) is 2.49. The molecule has 0 bridgehead atoms. The number of nitrogens with zero attached hydrogens (tertiary/aromatic N) is 4. The Morgan fingerprint density at radius 3 is 2.64 bits per heavy atom. The van der Waals surface area contributed by atoms with Crippen molar-refractivity contribution in [3.05, 3.63) is 76.5 Å². The van der Waals surface area contributed by atoms with Crippen LogP contribution in [0.15, 0.2) is 70.2 Å². The minimum absolute atomic E-state index is 0.140. The second-order valence-electron chi connectivity index (χ2n) is 5.71. The molecule has 6 nitrogen and oxygen atoms in total. The average Bonchev–Trinajstić information content (AvgIpc) is 3.39. The smallest absolute Gasteiger partial charge is 0.214 e. The molecule has 0 spiro atoms. The van der Waals surface area contributed by atoms with Crippen LogP contribution in [0.4, 0.5) is 0 Å². The van der Waals surface area contributed by atoms with Crippen molar-refractivity contribution in [1.82, 2.24) is 20.2 Å². The molecule has 0 N–H and O–H groups in total. The van der Waals surface area contributed by atoms with E-state index in [1.165, 1.54) is 11.8 Å². The number of halogens is 2. The molecule has 9 heteroatoms. The lowest BCUT2D eigenvalue weighted by atomic mass is 10.2. The first kappa shape index (κ1) is 18.7. The molecule has 0 atom stereocenters. The zero-order valence-electron chi connectivity index (χ0n) is 14.3. The van der Waals surface area contributed by atoms with E-state index >= 15 is 0 Å². The number of Topliss-reactive ketones (excluding diaryl/α,β-unsaturated/α-hetero) is 1. The molecular formula is C19H12Cl2N4O2S. The normalized spacial score (nSPS) is 10.9. The highest BCUT2D eigenvalue weighted by Gasteiger charge is 2.16. The van der Waals surface area contributed by atoms with E-state index in [0.29, 0.717) is 21.0 Å². The minimum Gasteiger partial charge on any atom is -0.453 e. The largest absolute Gasteiger partial charge is 0.453 e. The van der Waals surface area contributed by atoms with Crippen LogP contribution in [0.5, 0.6) is 0 Å². The van der Waals surface area contributed by atoms with Crippen molar-refractivity contribution in [2.24, 2.45) is 0 Å². The van der Waals surface area contributed by atoms with Crippen LogP contribution in [0.1, 0.15) is 10.6 Å². The van der Waals surface area contributed by atoms with Crippen LogP contribution in [0.25, 0.3) is 17.0 Å². The van der Waals surface area contributed by atoms with E-state index in [2.05, 4.69) is 15.5 Å². The summed E-state index contributed by atoms with van der Waals surface area (Å²) >= 11 is 13.2. The van der Waals surface area contributed by atoms with E-state index in [-0.39, 0.29) is 17.3 Å². The molecule has 0 saturated carbocycles. The molecule has 4 rings (SSSR count). The number of benzene rings is 2. The van der Waals surface area contributed by atoms with E-state index < -0.39 is 0 Å². The molecule has 0 unspecified atom stereocenters. The summed E-state index contributed by atoms with van der Waals surface area (Å²) in [6.45, 7) is 0. The minimum atomic E-state index is -0.168. The molecule has 2 aromatic heterocycles. The highest BCUT2D eigenvalue weighted by atomic mass is 35.5. The van der Waals surface area contributed by atoms with Crippen LogP contribution < -0.4 is 0 Å². The SMILES string of the molecule is O=C(CSc1nnnn1-c1ccccc1)c1ccc(-c2ccc(Cl)c(Cl)c2)o1.